The van der Waals surface area contributed by atoms with E-state index in [0.29, 0.717) is 5.41 Å². The van der Waals surface area contributed by atoms with Gasteiger partial charge in [0.2, 0.25) is 0 Å². The fraction of sp³-hybridized carbons (Fsp3) is 1.00. The number of hydrogen-bond acceptors (Lipinski definition) is 1. The first-order chi connectivity index (χ1) is 5.14. The summed E-state index contributed by atoms with van der Waals surface area (Å²) in [6.45, 7) is 7.11. The van der Waals surface area contributed by atoms with Crippen LogP contribution >= 0.6 is 11.8 Å². The largest absolute Gasteiger partial charge is 0.162 e. The molecule has 0 aromatic heterocycles. The van der Waals surface area contributed by atoms with Crippen LogP contribution in [0.3, 0.4) is 0 Å². The normalized spacial score (nSPS) is 25.9. The van der Waals surface area contributed by atoms with E-state index in [4.69, 9.17) is 0 Å². The summed E-state index contributed by atoms with van der Waals surface area (Å²) in [6, 6.07) is 0. The molecule has 1 fully saturated rings. The van der Waals surface area contributed by atoms with Gasteiger partial charge in [-0.2, -0.15) is 11.8 Å². The van der Waals surface area contributed by atoms with Crippen molar-refractivity contribution >= 4 is 11.8 Å². The molecule has 0 aromatic carbocycles. The van der Waals surface area contributed by atoms with Crippen molar-refractivity contribution in [3.8, 4) is 0 Å². The van der Waals surface area contributed by atoms with Crippen molar-refractivity contribution in [3.63, 3.8) is 0 Å². The molecule has 0 unspecified atom stereocenters. The van der Waals surface area contributed by atoms with Crippen LogP contribution in [0.4, 0.5) is 0 Å². The average molecular weight is 172 g/mol. The van der Waals surface area contributed by atoms with Crippen LogP contribution in [0, 0.1) is 11.3 Å². The fourth-order valence-corrected chi connectivity index (χ4v) is 2.95. The SMILES string of the molecule is CCC(C)(C)C[C@H]1CCSC1. The Morgan fingerprint density at radius 2 is 2.18 bits per heavy atom. The first-order valence-electron chi connectivity index (χ1n) is 4.72. The maximum absolute atomic E-state index is 2.40. The van der Waals surface area contributed by atoms with Crippen molar-refractivity contribution in [1.82, 2.24) is 0 Å². The molecule has 1 aliphatic heterocycles. The second-order valence-corrected chi connectivity index (χ2v) is 5.60. The Balaban J connectivity index is 2.28. The topological polar surface area (TPSA) is 0 Å². The first kappa shape index (κ1) is 9.44. The average Bonchev–Trinajstić information content (AvgIpc) is 2.39. The minimum atomic E-state index is 0.593. The highest BCUT2D eigenvalue weighted by Gasteiger charge is 2.23. The van der Waals surface area contributed by atoms with Gasteiger partial charge in [0.15, 0.2) is 0 Å². The summed E-state index contributed by atoms with van der Waals surface area (Å²) in [7, 11) is 0. The van der Waals surface area contributed by atoms with Crippen LogP contribution in [0.1, 0.15) is 40.0 Å². The molecule has 0 spiro atoms. The van der Waals surface area contributed by atoms with E-state index in [2.05, 4.69) is 32.5 Å². The molecule has 66 valence electrons. The lowest BCUT2D eigenvalue weighted by Gasteiger charge is -2.25. The van der Waals surface area contributed by atoms with E-state index < -0.39 is 0 Å². The molecule has 1 heteroatoms. The molecular formula is C10H20S. The molecule has 0 nitrogen and oxygen atoms in total. The van der Waals surface area contributed by atoms with Gasteiger partial charge in [-0.25, -0.2) is 0 Å². The molecule has 1 atom stereocenters. The van der Waals surface area contributed by atoms with Gasteiger partial charge in [0.05, 0.1) is 0 Å². The lowest BCUT2D eigenvalue weighted by molar-refractivity contribution is 0.270. The maximum Gasteiger partial charge on any atom is -0.00386 e. The molecule has 1 heterocycles. The van der Waals surface area contributed by atoms with Gasteiger partial charge < -0.3 is 0 Å². The molecule has 11 heavy (non-hydrogen) atoms. The zero-order valence-corrected chi connectivity index (χ0v) is 8.84. The minimum Gasteiger partial charge on any atom is -0.162 e. The Kier molecular flexibility index (Phi) is 3.29. The Morgan fingerprint density at radius 3 is 2.64 bits per heavy atom. The fourth-order valence-electron chi connectivity index (χ4n) is 1.67. The zero-order valence-electron chi connectivity index (χ0n) is 8.02. The Labute approximate surface area is 75.1 Å². The monoisotopic (exact) mass is 172 g/mol. The summed E-state index contributed by atoms with van der Waals surface area (Å²) in [5.74, 6) is 3.85. The summed E-state index contributed by atoms with van der Waals surface area (Å²) in [6.07, 6.45) is 4.23. The third kappa shape index (κ3) is 3.06. The molecule has 1 saturated heterocycles. The zero-order chi connectivity index (χ0) is 8.32. The van der Waals surface area contributed by atoms with E-state index in [-0.39, 0.29) is 0 Å². The van der Waals surface area contributed by atoms with Crippen molar-refractivity contribution in [1.29, 1.82) is 0 Å². The van der Waals surface area contributed by atoms with Crippen LogP contribution in [-0.4, -0.2) is 11.5 Å². The van der Waals surface area contributed by atoms with Crippen LogP contribution < -0.4 is 0 Å². The summed E-state index contributed by atoms with van der Waals surface area (Å²) in [5.41, 5.74) is 0.593. The quantitative estimate of drug-likeness (QED) is 0.627. The third-order valence-corrected chi connectivity index (χ3v) is 4.05. The Bertz CT molecular complexity index is 112. The maximum atomic E-state index is 2.40. The molecule has 0 saturated carbocycles. The molecule has 0 aromatic rings. The van der Waals surface area contributed by atoms with Crippen LogP contribution in [0.5, 0.6) is 0 Å². The Hall–Kier alpha value is 0.350. The van der Waals surface area contributed by atoms with E-state index in [1.54, 1.807) is 0 Å². The molecule has 0 amide bonds. The van der Waals surface area contributed by atoms with Crippen molar-refractivity contribution in [2.45, 2.75) is 40.0 Å². The van der Waals surface area contributed by atoms with Crippen molar-refractivity contribution in [2.75, 3.05) is 11.5 Å². The van der Waals surface area contributed by atoms with Crippen LogP contribution in [0.2, 0.25) is 0 Å². The summed E-state index contributed by atoms with van der Waals surface area (Å²) in [4.78, 5) is 0. The molecule has 1 aliphatic rings. The van der Waals surface area contributed by atoms with Crippen LogP contribution in [0.15, 0.2) is 0 Å². The summed E-state index contributed by atoms with van der Waals surface area (Å²) < 4.78 is 0. The van der Waals surface area contributed by atoms with Gasteiger partial charge in [0.25, 0.3) is 0 Å². The standard InChI is InChI=1S/C10H20S/c1-4-10(2,3)7-9-5-6-11-8-9/h9H,4-8H2,1-3H3/t9-/m1/s1. The van der Waals surface area contributed by atoms with Gasteiger partial charge >= 0.3 is 0 Å². The highest BCUT2D eigenvalue weighted by Crippen LogP contribution is 2.35. The summed E-state index contributed by atoms with van der Waals surface area (Å²) in [5, 5.41) is 0. The van der Waals surface area contributed by atoms with Gasteiger partial charge in [0.1, 0.15) is 0 Å². The van der Waals surface area contributed by atoms with Crippen molar-refractivity contribution < 1.29 is 0 Å². The van der Waals surface area contributed by atoms with E-state index in [1.807, 2.05) is 0 Å². The molecular weight excluding hydrogens is 152 g/mol. The van der Waals surface area contributed by atoms with Gasteiger partial charge in [0, 0.05) is 0 Å². The first-order valence-corrected chi connectivity index (χ1v) is 5.87. The van der Waals surface area contributed by atoms with E-state index in [0.717, 1.165) is 5.92 Å². The number of thioether (sulfide) groups is 1. The van der Waals surface area contributed by atoms with Gasteiger partial charge in [-0.15, -0.1) is 0 Å². The smallest absolute Gasteiger partial charge is 0.00386 e. The highest BCUT2D eigenvalue weighted by molar-refractivity contribution is 7.99. The van der Waals surface area contributed by atoms with Crippen molar-refractivity contribution in [3.05, 3.63) is 0 Å². The van der Waals surface area contributed by atoms with Gasteiger partial charge in [-0.05, 0) is 35.7 Å². The third-order valence-electron chi connectivity index (χ3n) is 2.82. The highest BCUT2D eigenvalue weighted by atomic mass is 32.2. The van der Waals surface area contributed by atoms with Gasteiger partial charge in [-0.3, -0.25) is 0 Å². The lowest BCUT2D eigenvalue weighted by Crippen LogP contribution is -2.15. The van der Waals surface area contributed by atoms with E-state index >= 15 is 0 Å². The predicted molar refractivity (Wildman–Crippen MR) is 54.1 cm³/mol. The molecule has 0 aliphatic carbocycles. The van der Waals surface area contributed by atoms with E-state index in [1.165, 1.54) is 30.8 Å². The molecule has 1 rings (SSSR count). The molecule has 0 bridgehead atoms. The number of hydrogen-bond donors (Lipinski definition) is 0. The second kappa shape index (κ2) is 3.84. The molecule has 0 N–H and O–H groups in total. The van der Waals surface area contributed by atoms with Crippen LogP contribution in [0.25, 0.3) is 0 Å². The summed E-state index contributed by atoms with van der Waals surface area (Å²) >= 11 is 2.13. The lowest BCUT2D eigenvalue weighted by atomic mass is 9.80. The number of rotatable bonds is 3. The second-order valence-electron chi connectivity index (χ2n) is 4.45. The predicted octanol–water partition coefficient (Wildman–Crippen LogP) is 3.57. The van der Waals surface area contributed by atoms with E-state index in [9.17, 15) is 0 Å². The Morgan fingerprint density at radius 1 is 1.45 bits per heavy atom. The molecule has 0 radical (unpaired) electrons. The van der Waals surface area contributed by atoms with Gasteiger partial charge in [-0.1, -0.05) is 27.2 Å². The minimum absolute atomic E-state index is 0.593. The van der Waals surface area contributed by atoms with Crippen molar-refractivity contribution in [2.24, 2.45) is 11.3 Å². The van der Waals surface area contributed by atoms with Crippen LogP contribution in [-0.2, 0) is 0 Å².